The molecule has 0 heterocycles. The minimum Gasteiger partial charge on any atom is -0.312 e. The Labute approximate surface area is 118 Å². The first-order valence-corrected chi connectivity index (χ1v) is 7.67. The zero-order chi connectivity index (χ0) is 13.8. The highest BCUT2D eigenvalue weighted by Crippen LogP contribution is 2.32. The third-order valence-electron chi connectivity index (χ3n) is 4.25. The Kier molecular flexibility index (Phi) is 5.00. The largest absolute Gasteiger partial charge is 0.312 e. The number of rotatable bonds is 7. The van der Waals surface area contributed by atoms with Crippen LogP contribution in [0.5, 0.6) is 0 Å². The number of hydrogen-bond donors (Lipinski definition) is 1. The lowest BCUT2D eigenvalue weighted by molar-refractivity contribution is 0.163. The van der Waals surface area contributed by atoms with Gasteiger partial charge in [-0.05, 0) is 52.3 Å². The summed E-state index contributed by atoms with van der Waals surface area (Å²) in [5.74, 6) is 0. The Hall–Kier alpha value is -0.860. The van der Waals surface area contributed by atoms with Crippen LogP contribution in [0.3, 0.4) is 0 Å². The van der Waals surface area contributed by atoms with Crippen molar-refractivity contribution in [1.82, 2.24) is 10.2 Å². The number of nitrogens with one attached hydrogen (secondary N) is 1. The molecule has 1 aliphatic rings. The lowest BCUT2D eigenvalue weighted by atomic mass is 9.98. The number of hydrogen-bond acceptors (Lipinski definition) is 2. The molecule has 0 bridgehead atoms. The molecule has 2 rings (SSSR count). The third kappa shape index (κ3) is 3.58. The molecule has 1 aromatic rings. The molecule has 2 atom stereocenters. The highest BCUT2D eigenvalue weighted by atomic mass is 15.2. The summed E-state index contributed by atoms with van der Waals surface area (Å²) in [4.78, 5) is 2.70. The first-order valence-electron chi connectivity index (χ1n) is 7.67. The Bertz CT molecular complexity index is 381. The van der Waals surface area contributed by atoms with Crippen molar-refractivity contribution in [2.75, 3.05) is 13.6 Å². The van der Waals surface area contributed by atoms with Gasteiger partial charge >= 0.3 is 0 Å². The molecular formula is C17H28N2. The van der Waals surface area contributed by atoms with Gasteiger partial charge in [0, 0.05) is 18.1 Å². The Morgan fingerprint density at radius 3 is 2.37 bits per heavy atom. The maximum Gasteiger partial charge on any atom is 0.0473 e. The van der Waals surface area contributed by atoms with Crippen LogP contribution in [0.2, 0.25) is 0 Å². The lowest BCUT2D eigenvalue weighted by Gasteiger charge is -2.35. The normalized spacial score (nSPS) is 18.6. The van der Waals surface area contributed by atoms with Crippen LogP contribution >= 0.6 is 0 Å². The fourth-order valence-electron chi connectivity index (χ4n) is 3.03. The van der Waals surface area contributed by atoms with E-state index in [1.165, 1.54) is 36.9 Å². The van der Waals surface area contributed by atoms with E-state index in [-0.39, 0.29) is 0 Å². The molecule has 0 spiro atoms. The van der Waals surface area contributed by atoms with E-state index in [0.717, 1.165) is 6.04 Å². The van der Waals surface area contributed by atoms with Crippen LogP contribution in [0.4, 0.5) is 0 Å². The number of aryl methyl sites for hydroxylation is 1. The second-order valence-corrected chi connectivity index (χ2v) is 5.89. The highest BCUT2D eigenvalue weighted by Gasteiger charge is 2.34. The van der Waals surface area contributed by atoms with Gasteiger partial charge in [0.2, 0.25) is 0 Å². The number of benzene rings is 1. The van der Waals surface area contributed by atoms with Crippen LogP contribution in [0, 0.1) is 6.92 Å². The molecule has 0 saturated heterocycles. The van der Waals surface area contributed by atoms with Crippen LogP contribution in [-0.4, -0.2) is 30.6 Å². The molecule has 19 heavy (non-hydrogen) atoms. The summed E-state index contributed by atoms with van der Waals surface area (Å²) in [6, 6.07) is 10.8. The molecule has 0 aliphatic heterocycles. The number of nitrogens with zero attached hydrogens (tertiary/aromatic N) is 1. The fraction of sp³-hybridized carbons (Fsp3) is 0.647. The van der Waals surface area contributed by atoms with Crippen LogP contribution < -0.4 is 5.32 Å². The predicted octanol–water partition coefficient (Wildman–Crippen LogP) is 3.52. The maximum absolute atomic E-state index is 3.52. The molecule has 0 amide bonds. The summed E-state index contributed by atoms with van der Waals surface area (Å²) in [5.41, 5.74) is 2.74. The second-order valence-electron chi connectivity index (χ2n) is 5.89. The molecular weight excluding hydrogens is 232 g/mol. The molecule has 1 aromatic carbocycles. The van der Waals surface area contributed by atoms with E-state index in [1.807, 2.05) is 0 Å². The van der Waals surface area contributed by atoms with Crippen molar-refractivity contribution in [1.29, 1.82) is 0 Å². The van der Waals surface area contributed by atoms with Crippen molar-refractivity contribution in [3.05, 3.63) is 35.4 Å². The van der Waals surface area contributed by atoms with Crippen LogP contribution in [0.25, 0.3) is 0 Å². The first kappa shape index (κ1) is 14.5. The van der Waals surface area contributed by atoms with E-state index < -0.39 is 0 Å². The molecule has 1 aliphatic carbocycles. The van der Waals surface area contributed by atoms with Crippen molar-refractivity contribution in [2.24, 2.45) is 0 Å². The molecule has 1 fully saturated rings. The van der Waals surface area contributed by atoms with E-state index in [1.54, 1.807) is 0 Å². The zero-order valence-electron chi connectivity index (χ0n) is 12.8. The molecule has 0 aromatic heterocycles. The van der Waals surface area contributed by atoms with Gasteiger partial charge in [0.15, 0.2) is 0 Å². The standard InChI is InChI=1S/C17H28N2/c1-5-12-19(16-10-11-16)14(3)17(18-4)15-8-6-13(2)7-9-15/h6-9,14,16-18H,5,10-12H2,1-4H3. The lowest BCUT2D eigenvalue weighted by Crippen LogP contribution is -2.43. The van der Waals surface area contributed by atoms with E-state index in [0.29, 0.717) is 12.1 Å². The van der Waals surface area contributed by atoms with E-state index >= 15 is 0 Å². The monoisotopic (exact) mass is 260 g/mol. The summed E-state index contributed by atoms with van der Waals surface area (Å²) in [6.07, 6.45) is 4.01. The van der Waals surface area contributed by atoms with Gasteiger partial charge in [-0.25, -0.2) is 0 Å². The van der Waals surface area contributed by atoms with Gasteiger partial charge in [0.25, 0.3) is 0 Å². The zero-order valence-corrected chi connectivity index (χ0v) is 12.8. The predicted molar refractivity (Wildman–Crippen MR) is 82.5 cm³/mol. The minimum atomic E-state index is 0.424. The van der Waals surface area contributed by atoms with Crippen LogP contribution in [0.15, 0.2) is 24.3 Å². The molecule has 2 nitrogen and oxygen atoms in total. The Balaban J connectivity index is 2.12. The Morgan fingerprint density at radius 1 is 1.26 bits per heavy atom. The molecule has 1 saturated carbocycles. The summed E-state index contributed by atoms with van der Waals surface area (Å²) in [6.45, 7) is 8.02. The van der Waals surface area contributed by atoms with Gasteiger partial charge in [0.1, 0.15) is 0 Å². The summed E-state index contributed by atoms with van der Waals surface area (Å²) in [5, 5.41) is 3.52. The summed E-state index contributed by atoms with van der Waals surface area (Å²) < 4.78 is 0. The second kappa shape index (κ2) is 6.53. The van der Waals surface area contributed by atoms with Gasteiger partial charge in [0.05, 0.1) is 0 Å². The van der Waals surface area contributed by atoms with Crippen molar-refractivity contribution in [3.8, 4) is 0 Å². The highest BCUT2D eigenvalue weighted by molar-refractivity contribution is 5.25. The third-order valence-corrected chi connectivity index (χ3v) is 4.25. The SMILES string of the molecule is CCCN(C1CC1)C(C)C(NC)c1ccc(C)cc1. The van der Waals surface area contributed by atoms with Crippen molar-refractivity contribution < 1.29 is 0 Å². The average molecular weight is 260 g/mol. The summed E-state index contributed by atoms with van der Waals surface area (Å²) in [7, 11) is 2.08. The van der Waals surface area contributed by atoms with Gasteiger partial charge < -0.3 is 5.32 Å². The van der Waals surface area contributed by atoms with Crippen molar-refractivity contribution in [3.63, 3.8) is 0 Å². The van der Waals surface area contributed by atoms with Gasteiger partial charge in [-0.2, -0.15) is 0 Å². The van der Waals surface area contributed by atoms with E-state index in [4.69, 9.17) is 0 Å². The van der Waals surface area contributed by atoms with Crippen LogP contribution in [-0.2, 0) is 0 Å². The van der Waals surface area contributed by atoms with Crippen molar-refractivity contribution >= 4 is 0 Å². The minimum absolute atomic E-state index is 0.424. The molecule has 1 N–H and O–H groups in total. The smallest absolute Gasteiger partial charge is 0.0473 e. The van der Waals surface area contributed by atoms with Gasteiger partial charge in [-0.15, -0.1) is 0 Å². The Morgan fingerprint density at radius 2 is 1.89 bits per heavy atom. The number of likely N-dealkylation sites (N-methyl/N-ethyl adjacent to an activating group) is 1. The molecule has 2 unspecified atom stereocenters. The van der Waals surface area contributed by atoms with Gasteiger partial charge in [-0.3, -0.25) is 4.90 Å². The van der Waals surface area contributed by atoms with Crippen molar-refractivity contribution in [2.45, 2.75) is 58.2 Å². The van der Waals surface area contributed by atoms with Gasteiger partial charge in [-0.1, -0.05) is 36.8 Å². The average Bonchev–Trinajstić information content (AvgIpc) is 3.23. The molecule has 106 valence electrons. The first-order chi connectivity index (χ1) is 9.17. The van der Waals surface area contributed by atoms with E-state index in [2.05, 4.69) is 62.3 Å². The maximum atomic E-state index is 3.52. The molecule has 2 heteroatoms. The molecule has 0 radical (unpaired) electrons. The fourth-order valence-corrected chi connectivity index (χ4v) is 3.03. The topological polar surface area (TPSA) is 15.3 Å². The quantitative estimate of drug-likeness (QED) is 0.807. The summed E-state index contributed by atoms with van der Waals surface area (Å²) >= 11 is 0. The van der Waals surface area contributed by atoms with E-state index in [9.17, 15) is 0 Å². The van der Waals surface area contributed by atoms with Crippen LogP contribution in [0.1, 0.15) is 50.3 Å².